The molecular weight excluding hydrogens is 669 g/mol. The van der Waals surface area contributed by atoms with Crippen LogP contribution in [0.15, 0.2) is 76.3 Å². The number of aromatic nitrogens is 2. The Hall–Kier alpha value is -5.47. The van der Waals surface area contributed by atoms with Crippen molar-refractivity contribution < 1.29 is 45.8 Å². The van der Waals surface area contributed by atoms with Crippen LogP contribution in [0.1, 0.15) is 49.2 Å². The number of benzene rings is 3. The van der Waals surface area contributed by atoms with Crippen molar-refractivity contribution in [1.82, 2.24) is 14.5 Å². The summed E-state index contributed by atoms with van der Waals surface area (Å²) in [6, 6.07) is 12.9. The molecule has 3 aromatic carbocycles. The molecule has 1 amide bonds. The number of esters is 1. The molecule has 0 bridgehead atoms. The number of ether oxygens (including phenoxy) is 3. The molecule has 1 N–H and O–H groups in total. The predicted octanol–water partition coefficient (Wildman–Crippen LogP) is 6.15. The van der Waals surface area contributed by atoms with Crippen LogP contribution in [0, 0.1) is 18.6 Å². The van der Waals surface area contributed by atoms with E-state index >= 15 is 8.78 Å². The first-order chi connectivity index (χ1) is 23.4. The van der Waals surface area contributed by atoms with Crippen molar-refractivity contribution in [3.05, 3.63) is 122 Å². The topological polar surface area (TPSA) is 118 Å². The number of carbonyl (C=O) groups is 2. The Morgan fingerprint density at radius 2 is 1.56 bits per heavy atom. The fourth-order valence-electron chi connectivity index (χ4n) is 5.16. The van der Waals surface area contributed by atoms with Gasteiger partial charge in [0, 0.05) is 16.8 Å². The summed E-state index contributed by atoms with van der Waals surface area (Å²) >= 11 is 0. The minimum Gasteiger partial charge on any atom is -0.479 e. The van der Waals surface area contributed by atoms with Crippen LogP contribution in [0.2, 0.25) is 0 Å². The van der Waals surface area contributed by atoms with Gasteiger partial charge in [-0.15, -0.1) is 0 Å². The van der Waals surface area contributed by atoms with Gasteiger partial charge in [0.1, 0.15) is 11.4 Å². The molecule has 0 spiro atoms. The second-order valence-electron chi connectivity index (χ2n) is 12.1. The second-order valence-corrected chi connectivity index (χ2v) is 12.1. The molecule has 1 unspecified atom stereocenters. The predicted molar refractivity (Wildman–Crippen MR) is 172 cm³/mol. The molecule has 15 heteroatoms. The van der Waals surface area contributed by atoms with Gasteiger partial charge in [-0.3, -0.25) is 13.9 Å². The van der Waals surface area contributed by atoms with Crippen molar-refractivity contribution >= 4 is 12.1 Å². The normalized spacial score (nSPS) is 12.3. The first-order valence-electron chi connectivity index (χ1n) is 15.1. The molecule has 50 heavy (non-hydrogen) atoms. The maximum absolute atomic E-state index is 16.0. The summed E-state index contributed by atoms with van der Waals surface area (Å²) in [5.41, 5.74) is -6.23. The van der Waals surface area contributed by atoms with Gasteiger partial charge in [0.15, 0.2) is 18.2 Å². The lowest BCUT2D eigenvalue weighted by Crippen LogP contribution is -2.46. The van der Waals surface area contributed by atoms with Gasteiger partial charge < -0.3 is 19.5 Å². The number of alkyl halides is 3. The summed E-state index contributed by atoms with van der Waals surface area (Å²) in [6.45, 7) is 3.76. The molecular formula is C35H34F5N3O7. The number of alkyl carbamates (subject to hydrolysis) is 1. The van der Waals surface area contributed by atoms with Gasteiger partial charge in [0.25, 0.3) is 5.56 Å². The maximum atomic E-state index is 16.0. The first-order valence-corrected chi connectivity index (χ1v) is 15.1. The second kappa shape index (κ2) is 15.0. The van der Waals surface area contributed by atoms with Gasteiger partial charge in [-0.05, 0) is 51.5 Å². The highest BCUT2D eigenvalue weighted by Crippen LogP contribution is 2.34. The van der Waals surface area contributed by atoms with E-state index < -0.39 is 100 Å². The average Bonchev–Trinajstić information content (AvgIpc) is 3.04. The first kappa shape index (κ1) is 37.4. The standard InChI is InChI=1S/C35H34F5N3O7/c1-20-29(22-13-9-16-27(30(22)37)49-19-28(44)48-5)31(45)43(18-26(21-11-7-6-8-12-21)41-32(46)50-34(2,3)4)33(47)42(20)17-23-24(35(38,39)40)14-10-15-25(23)36/h6-16,26H,17-19H2,1-5H3,(H,41,46). The van der Waals surface area contributed by atoms with Gasteiger partial charge in [0.05, 0.1) is 37.4 Å². The molecule has 266 valence electrons. The Labute approximate surface area is 283 Å². The Kier molecular flexibility index (Phi) is 11.2. The summed E-state index contributed by atoms with van der Waals surface area (Å²) < 4.78 is 89.6. The summed E-state index contributed by atoms with van der Waals surface area (Å²) in [4.78, 5) is 52.9. The molecule has 0 radical (unpaired) electrons. The van der Waals surface area contributed by atoms with Crippen molar-refractivity contribution in [3.8, 4) is 16.9 Å². The number of nitrogens with zero attached hydrogens (tertiary/aromatic N) is 2. The zero-order valence-electron chi connectivity index (χ0n) is 27.7. The van der Waals surface area contributed by atoms with Crippen LogP contribution >= 0.6 is 0 Å². The summed E-state index contributed by atoms with van der Waals surface area (Å²) in [5, 5.41) is 2.61. The summed E-state index contributed by atoms with van der Waals surface area (Å²) in [6.07, 6.45) is -5.92. The molecule has 0 aliphatic carbocycles. The van der Waals surface area contributed by atoms with Crippen LogP contribution in [-0.4, -0.2) is 40.5 Å². The Balaban J connectivity index is 1.99. The van der Waals surface area contributed by atoms with Gasteiger partial charge >= 0.3 is 23.9 Å². The lowest BCUT2D eigenvalue weighted by atomic mass is 10.0. The highest BCUT2D eigenvalue weighted by atomic mass is 19.4. The number of carbonyl (C=O) groups excluding carboxylic acids is 2. The van der Waals surface area contributed by atoms with E-state index in [1.807, 2.05) is 0 Å². The third-order valence-corrected chi connectivity index (χ3v) is 7.49. The molecule has 0 saturated carbocycles. The van der Waals surface area contributed by atoms with Crippen LogP contribution < -0.4 is 21.3 Å². The zero-order chi connectivity index (χ0) is 37.0. The van der Waals surface area contributed by atoms with Crippen molar-refractivity contribution in [2.24, 2.45) is 0 Å². The molecule has 1 atom stereocenters. The Bertz CT molecular complexity index is 2000. The lowest BCUT2D eigenvalue weighted by molar-refractivity contribution is -0.143. The monoisotopic (exact) mass is 703 g/mol. The number of nitrogens with one attached hydrogen (secondary N) is 1. The number of rotatable bonds is 10. The van der Waals surface area contributed by atoms with E-state index in [1.54, 1.807) is 51.1 Å². The number of hydrogen-bond donors (Lipinski definition) is 1. The van der Waals surface area contributed by atoms with Crippen molar-refractivity contribution in [3.63, 3.8) is 0 Å². The number of amides is 1. The quantitative estimate of drug-likeness (QED) is 0.156. The van der Waals surface area contributed by atoms with Gasteiger partial charge in [-0.2, -0.15) is 13.2 Å². The molecule has 4 rings (SSSR count). The van der Waals surface area contributed by atoms with Gasteiger partial charge in [-0.1, -0.05) is 48.5 Å². The third kappa shape index (κ3) is 8.57. The largest absolute Gasteiger partial charge is 0.479 e. The minimum atomic E-state index is -5.01. The van der Waals surface area contributed by atoms with Crippen LogP contribution in [0.25, 0.3) is 11.1 Å². The fraction of sp³-hybridized carbons (Fsp3) is 0.314. The van der Waals surface area contributed by atoms with Crippen molar-refractivity contribution in [1.29, 1.82) is 0 Å². The third-order valence-electron chi connectivity index (χ3n) is 7.49. The Morgan fingerprint density at radius 3 is 2.18 bits per heavy atom. The molecule has 0 aliphatic heterocycles. The molecule has 1 aromatic heterocycles. The highest BCUT2D eigenvalue weighted by molar-refractivity contribution is 5.72. The zero-order valence-corrected chi connectivity index (χ0v) is 27.7. The molecule has 10 nitrogen and oxygen atoms in total. The average molecular weight is 704 g/mol. The van der Waals surface area contributed by atoms with Crippen molar-refractivity contribution in [2.75, 3.05) is 13.7 Å². The smallest absolute Gasteiger partial charge is 0.416 e. The van der Waals surface area contributed by atoms with E-state index in [-0.39, 0.29) is 5.69 Å². The Morgan fingerprint density at radius 1 is 0.900 bits per heavy atom. The summed E-state index contributed by atoms with van der Waals surface area (Å²) in [5.74, 6) is -3.72. The van der Waals surface area contributed by atoms with Crippen LogP contribution in [0.3, 0.4) is 0 Å². The van der Waals surface area contributed by atoms with Gasteiger partial charge in [0.2, 0.25) is 0 Å². The number of methoxy groups -OCH3 is 1. The van der Waals surface area contributed by atoms with Crippen LogP contribution in [0.4, 0.5) is 26.7 Å². The highest BCUT2D eigenvalue weighted by Gasteiger charge is 2.35. The minimum absolute atomic E-state index is 0.298. The molecule has 0 fully saturated rings. The maximum Gasteiger partial charge on any atom is 0.416 e. The lowest BCUT2D eigenvalue weighted by Gasteiger charge is -2.25. The van der Waals surface area contributed by atoms with Crippen LogP contribution in [0.5, 0.6) is 5.75 Å². The van der Waals surface area contributed by atoms with E-state index in [1.165, 1.54) is 19.1 Å². The van der Waals surface area contributed by atoms with Gasteiger partial charge in [-0.25, -0.2) is 23.2 Å². The molecule has 1 heterocycles. The SMILES string of the molecule is COC(=O)COc1cccc(-c2c(C)n(Cc3c(F)cccc3C(F)(F)F)c(=O)n(CC(NC(=O)OC(C)(C)C)c3ccccc3)c2=O)c1F. The fourth-order valence-corrected chi connectivity index (χ4v) is 5.16. The number of hydrogen-bond acceptors (Lipinski definition) is 7. The molecule has 0 saturated heterocycles. The summed E-state index contributed by atoms with van der Waals surface area (Å²) in [7, 11) is 1.09. The van der Waals surface area contributed by atoms with E-state index in [2.05, 4.69) is 10.1 Å². The van der Waals surface area contributed by atoms with E-state index in [0.717, 1.165) is 29.9 Å². The van der Waals surface area contributed by atoms with E-state index in [4.69, 9.17) is 9.47 Å². The molecule has 0 aliphatic rings. The number of halogens is 5. The van der Waals surface area contributed by atoms with E-state index in [0.29, 0.717) is 16.2 Å². The van der Waals surface area contributed by atoms with Crippen LogP contribution in [-0.2, 0) is 33.5 Å². The van der Waals surface area contributed by atoms with Crippen molar-refractivity contribution in [2.45, 2.75) is 58.6 Å². The van der Waals surface area contributed by atoms with E-state index in [9.17, 15) is 32.3 Å². The molecule has 4 aromatic rings.